The number of nitrogens with one attached hydrogen (secondary N) is 1. The van der Waals surface area contributed by atoms with E-state index in [-0.39, 0.29) is 5.69 Å². The second kappa shape index (κ2) is 4.98. The molecule has 0 bridgehead atoms. The van der Waals surface area contributed by atoms with Gasteiger partial charge in [0.15, 0.2) is 5.69 Å². The summed E-state index contributed by atoms with van der Waals surface area (Å²) in [5.74, 6) is -1.65. The molecule has 1 N–H and O–H groups in total. The second-order valence-electron chi connectivity index (χ2n) is 4.58. The zero-order chi connectivity index (χ0) is 17.0. The summed E-state index contributed by atoms with van der Waals surface area (Å²) in [5.41, 5.74) is -1.23. The lowest BCUT2D eigenvalue weighted by molar-refractivity contribution is -0.150. The molecule has 3 rings (SSSR count). The molecule has 0 aliphatic heterocycles. The Bertz CT molecular complexity index is 876. The van der Waals surface area contributed by atoms with Crippen LogP contribution in [0.25, 0.3) is 16.6 Å². The van der Waals surface area contributed by atoms with Crippen molar-refractivity contribution < 1.29 is 26.3 Å². The molecule has 0 aliphatic carbocycles. The number of imidazole rings is 1. The molecule has 4 nitrogen and oxygen atoms in total. The van der Waals surface area contributed by atoms with Gasteiger partial charge in [-0.05, 0) is 28.1 Å². The van der Waals surface area contributed by atoms with Crippen LogP contribution in [0, 0.1) is 0 Å². The molecule has 0 saturated carbocycles. The molecule has 2 heterocycles. The number of aromatic amines is 1. The Kier molecular flexibility index (Phi) is 3.43. The minimum Gasteiger partial charge on any atom is -0.295 e. The number of nitrogens with zero attached hydrogens (tertiary/aromatic N) is 3. The van der Waals surface area contributed by atoms with Gasteiger partial charge in [-0.1, -0.05) is 0 Å². The Morgan fingerprint density at radius 2 is 1.74 bits per heavy atom. The molecule has 0 aliphatic rings. The summed E-state index contributed by atoms with van der Waals surface area (Å²) in [6.07, 6.45) is -8.36. The number of hydrogen-bond acceptors (Lipinski definition) is 2. The first-order valence-corrected chi connectivity index (χ1v) is 6.73. The largest absolute Gasteiger partial charge is 0.450 e. The summed E-state index contributed by atoms with van der Waals surface area (Å²) < 4.78 is 77.8. The number of H-pyrrole nitrogens is 1. The van der Waals surface area contributed by atoms with Crippen LogP contribution in [0.2, 0.25) is 0 Å². The molecule has 122 valence electrons. The molecule has 23 heavy (non-hydrogen) atoms. The van der Waals surface area contributed by atoms with Crippen LogP contribution in [0.15, 0.2) is 29.0 Å². The summed E-state index contributed by atoms with van der Waals surface area (Å²) in [7, 11) is 0. The van der Waals surface area contributed by atoms with Gasteiger partial charge < -0.3 is 0 Å². The molecule has 0 radical (unpaired) electrons. The highest BCUT2D eigenvalue weighted by Gasteiger charge is 2.42. The molecule has 1 aromatic carbocycles. The lowest BCUT2D eigenvalue weighted by Gasteiger charge is -2.10. The van der Waals surface area contributed by atoms with Gasteiger partial charge in [0.05, 0.1) is 11.7 Å². The number of halogens is 7. The predicted octanol–water partition coefficient (Wildman–Crippen LogP) is 4.55. The highest BCUT2D eigenvalue weighted by atomic mass is 79.9. The maximum absolute atomic E-state index is 13.0. The third kappa shape index (κ3) is 2.80. The topological polar surface area (TPSA) is 46.5 Å². The molecule has 0 spiro atoms. The molecular weight excluding hydrogens is 394 g/mol. The van der Waals surface area contributed by atoms with Crippen molar-refractivity contribution in [1.29, 1.82) is 0 Å². The van der Waals surface area contributed by atoms with Crippen LogP contribution in [0.1, 0.15) is 11.5 Å². The fourth-order valence-corrected chi connectivity index (χ4v) is 2.60. The molecule has 0 fully saturated rings. The average molecular weight is 399 g/mol. The van der Waals surface area contributed by atoms with Crippen LogP contribution in [-0.4, -0.2) is 19.7 Å². The first kappa shape index (κ1) is 15.8. The third-order valence-electron chi connectivity index (χ3n) is 3.01. The molecule has 3 aromatic rings. The van der Waals surface area contributed by atoms with Crippen molar-refractivity contribution in [2.24, 2.45) is 0 Å². The van der Waals surface area contributed by atoms with Gasteiger partial charge in [-0.3, -0.25) is 9.67 Å². The van der Waals surface area contributed by atoms with Gasteiger partial charge in [0.25, 0.3) is 0 Å². The number of alkyl halides is 6. The van der Waals surface area contributed by atoms with Gasteiger partial charge in [-0.25, -0.2) is 4.98 Å². The fourth-order valence-electron chi connectivity index (χ4n) is 2.05. The van der Waals surface area contributed by atoms with Gasteiger partial charge in [-0.15, -0.1) is 0 Å². The number of benzene rings is 1. The zero-order valence-corrected chi connectivity index (χ0v) is 12.4. The monoisotopic (exact) mass is 398 g/mol. The van der Waals surface area contributed by atoms with Crippen molar-refractivity contribution in [2.45, 2.75) is 12.4 Å². The number of rotatable bonds is 1. The number of fused-ring (bicyclic) bond motifs is 1. The zero-order valence-electron chi connectivity index (χ0n) is 10.8. The van der Waals surface area contributed by atoms with E-state index in [0.29, 0.717) is 26.1 Å². The number of hydrogen-bond donors (Lipinski definition) is 1. The Morgan fingerprint density at radius 3 is 2.35 bits per heavy atom. The summed E-state index contributed by atoms with van der Waals surface area (Å²) in [5, 5.41) is 6.78. The van der Waals surface area contributed by atoms with Crippen molar-refractivity contribution in [3.63, 3.8) is 0 Å². The summed E-state index contributed by atoms with van der Waals surface area (Å²) in [4.78, 5) is 2.70. The van der Waals surface area contributed by atoms with Crippen molar-refractivity contribution in [3.8, 4) is 5.69 Å². The van der Waals surface area contributed by atoms with Crippen molar-refractivity contribution in [3.05, 3.63) is 40.5 Å². The van der Waals surface area contributed by atoms with Crippen molar-refractivity contribution in [1.82, 2.24) is 19.7 Å². The Morgan fingerprint density at radius 1 is 1.04 bits per heavy atom. The van der Waals surface area contributed by atoms with Crippen LogP contribution in [-0.2, 0) is 12.4 Å². The summed E-state index contributed by atoms with van der Waals surface area (Å²) in [6, 6.07) is 2.53. The first-order chi connectivity index (χ1) is 10.6. The minimum absolute atomic E-state index is 0.124. The van der Waals surface area contributed by atoms with Crippen molar-refractivity contribution in [2.75, 3.05) is 0 Å². The Balaban J connectivity index is 2.26. The lowest BCUT2D eigenvalue weighted by Crippen LogP contribution is -2.14. The first-order valence-electron chi connectivity index (χ1n) is 5.94. The Hall–Kier alpha value is -2.04. The fraction of sp³-hybridized carbons (Fsp3) is 0.167. The van der Waals surface area contributed by atoms with Crippen LogP contribution in [0.5, 0.6) is 0 Å². The van der Waals surface area contributed by atoms with E-state index in [9.17, 15) is 26.3 Å². The van der Waals surface area contributed by atoms with E-state index in [0.717, 1.165) is 0 Å². The average Bonchev–Trinajstić information content (AvgIpc) is 3.03. The minimum atomic E-state index is -5.04. The summed E-state index contributed by atoms with van der Waals surface area (Å²) in [6.45, 7) is 0. The van der Waals surface area contributed by atoms with Gasteiger partial charge in [0, 0.05) is 21.7 Å². The highest BCUT2D eigenvalue weighted by Crippen LogP contribution is 2.36. The molecule has 0 unspecified atom stereocenters. The van der Waals surface area contributed by atoms with E-state index >= 15 is 0 Å². The summed E-state index contributed by atoms with van der Waals surface area (Å²) >= 11 is 3.14. The predicted molar refractivity (Wildman–Crippen MR) is 70.9 cm³/mol. The second-order valence-corrected chi connectivity index (χ2v) is 5.43. The quantitative estimate of drug-likeness (QED) is 0.611. The normalized spacial score (nSPS) is 13.0. The lowest BCUT2D eigenvalue weighted by atomic mass is 10.2. The standard InChI is InChI=1S/C12H5BrF6N4/c13-7-2-6(1-5-3-20-22-9(5)7)23-4-8(11(14,15)16)21-10(23)12(17,18)19/h1-4H,(H,20,22). The van der Waals surface area contributed by atoms with Crippen LogP contribution >= 0.6 is 15.9 Å². The Labute approximate surface area is 132 Å². The SMILES string of the molecule is FC(F)(F)c1cn(-c2cc(Br)c3[nH]ncc3c2)c(C(F)(F)F)n1. The molecule has 0 amide bonds. The van der Waals surface area contributed by atoms with E-state index in [2.05, 4.69) is 31.1 Å². The number of aromatic nitrogens is 4. The maximum atomic E-state index is 13.0. The van der Waals surface area contributed by atoms with Crippen molar-refractivity contribution >= 4 is 26.8 Å². The molecule has 0 saturated heterocycles. The molecule has 11 heteroatoms. The van der Waals surface area contributed by atoms with Gasteiger partial charge in [0.1, 0.15) is 0 Å². The highest BCUT2D eigenvalue weighted by molar-refractivity contribution is 9.10. The molecule has 0 atom stereocenters. The van der Waals surface area contributed by atoms with Gasteiger partial charge >= 0.3 is 12.4 Å². The van der Waals surface area contributed by atoms with Crippen LogP contribution in [0.4, 0.5) is 26.3 Å². The van der Waals surface area contributed by atoms with E-state index < -0.39 is 23.9 Å². The smallest absolute Gasteiger partial charge is 0.295 e. The third-order valence-corrected chi connectivity index (χ3v) is 3.64. The van der Waals surface area contributed by atoms with E-state index in [1.54, 1.807) is 0 Å². The van der Waals surface area contributed by atoms with E-state index in [1.807, 2.05) is 0 Å². The van der Waals surface area contributed by atoms with E-state index in [4.69, 9.17) is 0 Å². The molecular formula is C12H5BrF6N4. The van der Waals surface area contributed by atoms with E-state index in [1.165, 1.54) is 18.3 Å². The molecule has 2 aromatic heterocycles. The van der Waals surface area contributed by atoms with Crippen LogP contribution < -0.4 is 0 Å². The maximum Gasteiger partial charge on any atom is 0.450 e. The van der Waals surface area contributed by atoms with Gasteiger partial charge in [0.2, 0.25) is 5.82 Å². The van der Waals surface area contributed by atoms with Crippen LogP contribution in [0.3, 0.4) is 0 Å². The van der Waals surface area contributed by atoms with Gasteiger partial charge in [-0.2, -0.15) is 31.4 Å².